The second-order valence-corrected chi connectivity index (χ2v) is 5.07. The molecule has 0 aromatic carbocycles. The minimum Gasteiger partial charge on any atom is -0.481 e. The molecule has 0 amide bonds. The van der Waals surface area contributed by atoms with Crippen LogP contribution in [0.1, 0.15) is 50.7 Å². The van der Waals surface area contributed by atoms with E-state index in [2.05, 4.69) is 15.0 Å². The monoisotopic (exact) mass is 253 g/mol. The van der Waals surface area contributed by atoms with E-state index >= 15 is 0 Å². The van der Waals surface area contributed by atoms with Crippen LogP contribution in [-0.4, -0.2) is 38.7 Å². The molecule has 1 atom stereocenters. The maximum atomic E-state index is 10.8. The summed E-state index contributed by atoms with van der Waals surface area (Å²) in [6.45, 7) is 5.48. The fourth-order valence-corrected chi connectivity index (χ4v) is 2.28. The van der Waals surface area contributed by atoms with Crippen LogP contribution in [0.3, 0.4) is 0 Å². The van der Waals surface area contributed by atoms with Gasteiger partial charge in [-0.2, -0.15) is 4.98 Å². The number of carboxylic acid groups (broad SMARTS) is 1. The largest absolute Gasteiger partial charge is 0.481 e. The van der Waals surface area contributed by atoms with Crippen LogP contribution in [0.2, 0.25) is 0 Å². The van der Waals surface area contributed by atoms with E-state index in [4.69, 9.17) is 9.63 Å². The van der Waals surface area contributed by atoms with Crippen molar-refractivity contribution in [2.75, 3.05) is 6.54 Å². The molecule has 6 heteroatoms. The van der Waals surface area contributed by atoms with Gasteiger partial charge in [0.25, 0.3) is 0 Å². The molecule has 1 fully saturated rings. The molecule has 1 unspecified atom stereocenters. The first-order chi connectivity index (χ1) is 8.56. The van der Waals surface area contributed by atoms with Gasteiger partial charge in [-0.15, -0.1) is 0 Å². The van der Waals surface area contributed by atoms with Crippen molar-refractivity contribution in [3.05, 3.63) is 11.7 Å². The van der Waals surface area contributed by atoms with Crippen LogP contribution in [0.4, 0.5) is 0 Å². The van der Waals surface area contributed by atoms with Crippen molar-refractivity contribution in [3.63, 3.8) is 0 Å². The van der Waals surface area contributed by atoms with Crippen LogP contribution in [0, 0.1) is 0 Å². The Morgan fingerprint density at radius 1 is 1.61 bits per heavy atom. The number of nitrogens with zero attached hydrogens (tertiary/aromatic N) is 3. The predicted molar refractivity (Wildman–Crippen MR) is 64.1 cm³/mol. The normalized spacial score (nSPS) is 20.7. The molecule has 1 aromatic rings. The number of likely N-dealkylation sites (tertiary alicyclic amines) is 1. The number of carbonyl (C=O) groups is 1. The fourth-order valence-electron chi connectivity index (χ4n) is 2.28. The summed E-state index contributed by atoms with van der Waals surface area (Å²) < 4.78 is 5.15. The predicted octanol–water partition coefficient (Wildman–Crippen LogP) is 1.63. The number of rotatable bonds is 5. The zero-order valence-corrected chi connectivity index (χ0v) is 10.8. The SMILES string of the molecule is CC(C)c1nc(CN2CCCC2CC(=O)O)no1. The molecule has 0 bridgehead atoms. The molecule has 6 nitrogen and oxygen atoms in total. The first-order valence-electron chi connectivity index (χ1n) is 6.34. The number of carboxylic acids is 1. The van der Waals surface area contributed by atoms with E-state index < -0.39 is 5.97 Å². The highest BCUT2D eigenvalue weighted by atomic mass is 16.5. The van der Waals surface area contributed by atoms with E-state index in [9.17, 15) is 4.79 Å². The van der Waals surface area contributed by atoms with E-state index in [0.717, 1.165) is 19.4 Å². The maximum absolute atomic E-state index is 10.8. The fraction of sp³-hybridized carbons (Fsp3) is 0.750. The van der Waals surface area contributed by atoms with Crippen LogP contribution >= 0.6 is 0 Å². The van der Waals surface area contributed by atoms with Crippen molar-refractivity contribution in [1.82, 2.24) is 15.0 Å². The maximum Gasteiger partial charge on any atom is 0.304 e. The average Bonchev–Trinajstić information content (AvgIpc) is 2.89. The third-order valence-corrected chi connectivity index (χ3v) is 3.23. The molecule has 1 N–H and O–H groups in total. The lowest BCUT2D eigenvalue weighted by atomic mass is 10.1. The standard InChI is InChI=1S/C12H19N3O3/c1-8(2)12-13-10(14-18-12)7-15-5-3-4-9(15)6-11(16)17/h8-9H,3-7H2,1-2H3,(H,16,17). The highest BCUT2D eigenvalue weighted by Gasteiger charge is 2.27. The van der Waals surface area contributed by atoms with Crippen molar-refractivity contribution >= 4 is 5.97 Å². The Hall–Kier alpha value is -1.43. The molecular weight excluding hydrogens is 234 g/mol. The minimum atomic E-state index is -0.747. The van der Waals surface area contributed by atoms with Crippen molar-refractivity contribution in [1.29, 1.82) is 0 Å². The Morgan fingerprint density at radius 3 is 3.00 bits per heavy atom. The Bertz CT molecular complexity index is 416. The Kier molecular flexibility index (Phi) is 3.96. The summed E-state index contributed by atoms with van der Waals surface area (Å²) in [7, 11) is 0. The van der Waals surface area contributed by atoms with Crippen LogP contribution < -0.4 is 0 Å². The molecule has 1 saturated heterocycles. The van der Waals surface area contributed by atoms with Gasteiger partial charge in [-0.3, -0.25) is 9.69 Å². The zero-order chi connectivity index (χ0) is 13.1. The lowest BCUT2D eigenvalue weighted by Gasteiger charge is -2.21. The first kappa shape index (κ1) is 13.0. The van der Waals surface area contributed by atoms with Gasteiger partial charge in [-0.1, -0.05) is 19.0 Å². The summed E-state index contributed by atoms with van der Waals surface area (Å²) >= 11 is 0. The molecule has 2 heterocycles. The molecule has 0 aliphatic carbocycles. The van der Waals surface area contributed by atoms with E-state index in [-0.39, 0.29) is 18.4 Å². The Labute approximate surface area is 106 Å². The van der Waals surface area contributed by atoms with Gasteiger partial charge in [0.2, 0.25) is 5.89 Å². The Morgan fingerprint density at radius 2 is 2.39 bits per heavy atom. The third-order valence-electron chi connectivity index (χ3n) is 3.23. The number of hydrogen-bond acceptors (Lipinski definition) is 5. The van der Waals surface area contributed by atoms with Gasteiger partial charge in [0.1, 0.15) is 0 Å². The molecule has 0 radical (unpaired) electrons. The molecule has 1 aliphatic heterocycles. The number of aliphatic carboxylic acids is 1. The highest BCUT2D eigenvalue weighted by molar-refractivity contribution is 5.67. The summed E-state index contributed by atoms with van der Waals surface area (Å²) in [6, 6.07) is 0.100. The second kappa shape index (κ2) is 5.48. The summed E-state index contributed by atoms with van der Waals surface area (Å²) in [5.74, 6) is 0.762. The van der Waals surface area contributed by atoms with Crippen LogP contribution in [0.25, 0.3) is 0 Å². The molecule has 1 aliphatic rings. The van der Waals surface area contributed by atoms with Crippen molar-refractivity contribution in [2.45, 2.75) is 51.6 Å². The van der Waals surface area contributed by atoms with Gasteiger partial charge in [0.05, 0.1) is 13.0 Å². The average molecular weight is 253 g/mol. The van der Waals surface area contributed by atoms with Gasteiger partial charge >= 0.3 is 5.97 Å². The smallest absolute Gasteiger partial charge is 0.304 e. The first-order valence-corrected chi connectivity index (χ1v) is 6.34. The van der Waals surface area contributed by atoms with E-state index in [1.54, 1.807) is 0 Å². The van der Waals surface area contributed by atoms with Gasteiger partial charge in [-0.25, -0.2) is 0 Å². The summed E-state index contributed by atoms with van der Waals surface area (Å²) in [5, 5.41) is 12.8. The molecule has 100 valence electrons. The van der Waals surface area contributed by atoms with Crippen molar-refractivity contribution in [2.24, 2.45) is 0 Å². The molecule has 1 aromatic heterocycles. The minimum absolute atomic E-state index is 0.100. The van der Waals surface area contributed by atoms with Crippen molar-refractivity contribution in [3.8, 4) is 0 Å². The van der Waals surface area contributed by atoms with E-state index in [0.29, 0.717) is 18.3 Å². The van der Waals surface area contributed by atoms with Crippen LogP contribution in [0.5, 0.6) is 0 Å². The molecule has 0 spiro atoms. The van der Waals surface area contributed by atoms with Crippen LogP contribution in [-0.2, 0) is 11.3 Å². The van der Waals surface area contributed by atoms with Crippen molar-refractivity contribution < 1.29 is 14.4 Å². The zero-order valence-electron chi connectivity index (χ0n) is 10.8. The van der Waals surface area contributed by atoms with Gasteiger partial charge < -0.3 is 9.63 Å². The topological polar surface area (TPSA) is 79.5 Å². The highest BCUT2D eigenvalue weighted by Crippen LogP contribution is 2.22. The lowest BCUT2D eigenvalue weighted by molar-refractivity contribution is -0.138. The Balaban J connectivity index is 1.96. The lowest BCUT2D eigenvalue weighted by Crippen LogP contribution is -2.31. The van der Waals surface area contributed by atoms with Gasteiger partial charge in [-0.05, 0) is 19.4 Å². The third kappa shape index (κ3) is 3.07. The van der Waals surface area contributed by atoms with Crippen LogP contribution in [0.15, 0.2) is 4.52 Å². The van der Waals surface area contributed by atoms with Gasteiger partial charge in [0, 0.05) is 12.0 Å². The molecular formula is C12H19N3O3. The quantitative estimate of drug-likeness (QED) is 0.859. The second-order valence-electron chi connectivity index (χ2n) is 5.07. The van der Waals surface area contributed by atoms with Gasteiger partial charge in [0.15, 0.2) is 5.82 Å². The molecule has 0 saturated carbocycles. The molecule has 18 heavy (non-hydrogen) atoms. The number of hydrogen-bond donors (Lipinski definition) is 1. The summed E-state index contributed by atoms with van der Waals surface area (Å²) in [6.07, 6.45) is 2.16. The number of aromatic nitrogens is 2. The molecule has 2 rings (SSSR count). The summed E-state index contributed by atoms with van der Waals surface area (Å²) in [5.41, 5.74) is 0. The summed E-state index contributed by atoms with van der Waals surface area (Å²) in [4.78, 5) is 17.2. The van der Waals surface area contributed by atoms with E-state index in [1.165, 1.54) is 0 Å². The van der Waals surface area contributed by atoms with E-state index in [1.807, 2.05) is 13.8 Å².